The fourth-order valence-corrected chi connectivity index (χ4v) is 4.10. The van der Waals surface area contributed by atoms with Crippen LogP contribution in [0.2, 0.25) is 0 Å². The summed E-state index contributed by atoms with van der Waals surface area (Å²) in [5.41, 5.74) is -1.45. The lowest BCUT2D eigenvalue weighted by molar-refractivity contribution is -0.145. The highest BCUT2D eigenvalue weighted by atomic mass is 19.4. The number of rotatable bonds is 4. The van der Waals surface area contributed by atoms with Gasteiger partial charge in [-0.05, 0) is 56.7 Å². The maximum Gasteiger partial charge on any atom is 0.416 e. The molecule has 2 N–H and O–H groups in total. The number of carbonyl (C=O) groups is 1. The highest BCUT2D eigenvalue weighted by Gasteiger charge is 2.52. The van der Waals surface area contributed by atoms with Crippen LogP contribution in [-0.2, 0) is 21.3 Å². The molecular formula is C19H24F3NO3. The van der Waals surface area contributed by atoms with Crippen LogP contribution in [0.25, 0.3) is 0 Å². The molecule has 4 nitrogen and oxygen atoms in total. The van der Waals surface area contributed by atoms with E-state index in [1.54, 1.807) is 6.92 Å². The molecule has 0 radical (unpaired) electrons. The molecule has 7 heteroatoms. The van der Waals surface area contributed by atoms with Crippen molar-refractivity contribution in [2.75, 3.05) is 6.61 Å². The molecule has 144 valence electrons. The Morgan fingerprint density at radius 2 is 1.96 bits per heavy atom. The van der Waals surface area contributed by atoms with Crippen LogP contribution in [0.4, 0.5) is 13.2 Å². The quantitative estimate of drug-likeness (QED) is 0.798. The van der Waals surface area contributed by atoms with Crippen molar-refractivity contribution >= 4 is 5.97 Å². The lowest BCUT2D eigenvalue weighted by Crippen LogP contribution is -2.52. The van der Waals surface area contributed by atoms with Crippen LogP contribution in [0.3, 0.4) is 0 Å². The van der Waals surface area contributed by atoms with E-state index in [0.717, 1.165) is 12.1 Å². The number of benzene rings is 1. The number of piperidine rings is 1. The summed E-state index contributed by atoms with van der Waals surface area (Å²) < 4.78 is 43.3. The monoisotopic (exact) mass is 371 g/mol. The molecule has 3 rings (SSSR count). The molecule has 0 amide bonds. The third kappa shape index (κ3) is 3.88. The van der Waals surface area contributed by atoms with Crippen molar-refractivity contribution in [3.05, 3.63) is 35.4 Å². The average Bonchev–Trinajstić information content (AvgIpc) is 3.34. The number of aliphatic hydroxyl groups is 1. The van der Waals surface area contributed by atoms with E-state index in [1.165, 1.54) is 12.1 Å². The van der Waals surface area contributed by atoms with Gasteiger partial charge >= 0.3 is 12.1 Å². The van der Waals surface area contributed by atoms with Gasteiger partial charge in [-0.2, -0.15) is 13.2 Å². The molecule has 1 heterocycles. The van der Waals surface area contributed by atoms with Crippen molar-refractivity contribution in [2.24, 2.45) is 11.8 Å². The first-order chi connectivity index (χ1) is 12.1. The second-order valence-corrected chi connectivity index (χ2v) is 7.45. The summed E-state index contributed by atoms with van der Waals surface area (Å²) >= 11 is 0. The number of hydrogen-bond acceptors (Lipinski definition) is 4. The Morgan fingerprint density at radius 3 is 2.54 bits per heavy atom. The zero-order valence-electron chi connectivity index (χ0n) is 14.8. The average molecular weight is 371 g/mol. The molecule has 1 aromatic carbocycles. The molecule has 1 aliphatic carbocycles. The normalized spacial score (nSPS) is 34.4. The predicted octanol–water partition coefficient (Wildman–Crippen LogP) is 3.23. The maximum absolute atomic E-state index is 12.8. The Labute approximate surface area is 150 Å². The number of ether oxygens (including phenoxy) is 1. The van der Waals surface area contributed by atoms with E-state index >= 15 is 0 Å². The summed E-state index contributed by atoms with van der Waals surface area (Å²) in [5.74, 6) is -0.275. The number of alkyl halides is 3. The minimum Gasteiger partial charge on any atom is -0.466 e. The molecule has 2 fully saturated rings. The lowest BCUT2D eigenvalue weighted by atomic mass is 9.77. The highest BCUT2D eigenvalue weighted by Crippen LogP contribution is 2.48. The van der Waals surface area contributed by atoms with E-state index in [0.29, 0.717) is 31.4 Å². The van der Waals surface area contributed by atoms with Gasteiger partial charge in [0.2, 0.25) is 0 Å². The molecule has 3 unspecified atom stereocenters. The van der Waals surface area contributed by atoms with Gasteiger partial charge < -0.3 is 15.2 Å². The van der Waals surface area contributed by atoms with Gasteiger partial charge in [-0.15, -0.1) is 0 Å². The van der Waals surface area contributed by atoms with Crippen LogP contribution in [-0.4, -0.2) is 29.8 Å². The Bertz CT molecular complexity index is 661. The molecule has 26 heavy (non-hydrogen) atoms. The van der Waals surface area contributed by atoms with Crippen LogP contribution in [0.5, 0.6) is 0 Å². The summed E-state index contributed by atoms with van der Waals surface area (Å²) in [6.07, 6.45) is -2.91. The zero-order valence-corrected chi connectivity index (χ0v) is 14.8. The molecule has 1 aromatic rings. The Morgan fingerprint density at radius 1 is 1.31 bits per heavy atom. The van der Waals surface area contributed by atoms with Crippen LogP contribution >= 0.6 is 0 Å². The fraction of sp³-hybridized carbons (Fsp3) is 0.632. The van der Waals surface area contributed by atoms with Crippen LogP contribution in [0, 0.1) is 11.8 Å². The fourth-order valence-electron chi connectivity index (χ4n) is 4.10. The van der Waals surface area contributed by atoms with Gasteiger partial charge in [0.05, 0.1) is 23.7 Å². The molecule has 0 bridgehead atoms. The largest absolute Gasteiger partial charge is 0.466 e. The number of hydrogen-bond donors (Lipinski definition) is 2. The molecule has 5 atom stereocenters. The molecule has 1 saturated heterocycles. The topological polar surface area (TPSA) is 58.6 Å². The number of halogens is 3. The number of esters is 1. The first-order valence-corrected chi connectivity index (χ1v) is 8.97. The summed E-state index contributed by atoms with van der Waals surface area (Å²) in [4.78, 5) is 11.9. The number of carbonyl (C=O) groups excluding carboxylic acids is 1. The molecule has 0 aromatic heterocycles. The molecule has 2 aliphatic rings. The predicted molar refractivity (Wildman–Crippen MR) is 89.2 cm³/mol. The third-order valence-corrected chi connectivity index (χ3v) is 5.40. The molecule has 1 aliphatic heterocycles. The standard InChI is InChI=1S/C19H24F3NO3/c1-3-26-17(24)15-8-14(15)16-10-18(25,9-11(2)23-16)12-4-6-13(7-5-12)19(20,21)22/h4-7,11,14-16,23,25H,3,8-10H2,1-2H3/t11-,14?,15?,16-,18?/m0/s1. The Balaban J connectivity index is 1.74. The van der Waals surface area contributed by atoms with Gasteiger partial charge in [-0.1, -0.05) is 12.1 Å². The van der Waals surface area contributed by atoms with Crippen molar-refractivity contribution in [2.45, 2.75) is 57.0 Å². The van der Waals surface area contributed by atoms with Crippen LogP contribution in [0.1, 0.15) is 44.2 Å². The second kappa shape index (κ2) is 6.85. The minimum atomic E-state index is -4.40. The zero-order chi connectivity index (χ0) is 19.1. The highest BCUT2D eigenvalue weighted by molar-refractivity contribution is 5.75. The van der Waals surface area contributed by atoms with Gasteiger partial charge in [0.1, 0.15) is 0 Å². The van der Waals surface area contributed by atoms with Gasteiger partial charge in [-0.25, -0.2) is 0 Å². The first-order valence-electron chi connectivity index (χ1n) is 8.97. The summed E-state index contributed by atoms with van der Waals surface area (Å²) in [5, 5.41) is 14.6. The van der Waals surface area contributed by atoms with Gasteiger partial charge in [0.25, 0.3) is 0 Å². The van der Waals surface area contributed by atoms with Crippen molar-refractivity contribution in [1.82, 2.24) is 5.32 Å². The van der Waals surface area contributed by atoms with E-state index in [2.05, 4.69) is 5.32 Å². The minimum absolute atomic E-state index is 0.00973. The molecule has 1 saturated carbocycles. The van der Waals surface area contributed by atoms with E-state index in [9.17, 15) is 23.1 Å². The Kier molecular flexibility index (Phi) is 5.05. The van der Waals surface area contributed by atoms with Crippen LogP contribution < -0.4 is 5.32 Å². The van der Waals surface area contributed by atoms with Crippen molar-refractivity contribution in [3.63, 3.8) is 0 Å². The third-order valence-electron chi connectivity index (χ3n) is 5.40. The summed E-state index contributed by atoms with van der Waals surface area (Å²) in [7, 11) is 0. The maximum atomic E-state index is 12.8. The van der Waals surface area contributed by atoms with E-state index < -0.39 is 17.3 Å². The number of nitrogens with one attached hydrogen (secondary N) is 1. The molecular weight excluding hydrogens is 347 g/mol. The SMILES string of the molecule is CCOC(=O)C1CC1[C@@H]1CC(O)(c2ccc(C(F)(F)F)cc2)C[C@H](C)N1. The van der Waals surface area contributed by atoms with E-state index in [1.807, 2.05) is 6.92 Å². The van der Waals surface area contributed by atoms with Crippen LogP contribution in [0.15, 0.2) is 24.3 Å². The summed E-state index contributed by atoms with van der Waals surface area (Å²) in [6, 6.07) is 4.65. The molecule has 0 spiro atoms. The van der Waals surface area contributed by atoms with Gasteiger partial charge in [0.15, 0.2) is 0 Å². The van der Waals surface area contributed by atoms with Gasteiger partial charge in [-0.3, -0.25) is 4.79 Å². The van der Waals surface area contributed by atoms with E-state index in [-0.39, 0.29) is 29.9 Å². The lowest BCUT2D eigenvalue weighted by Gasteiger charge is -2.42. The van der Waals surface area contributed by atoms with Crippen molar-refractivity contribution in [3.8, 4) is 0 Å². The Hall–Kier alpha value is -1.60. The van der Waals surface area contributed by atoms with E-state index in [4.69, 9.17) is 4.74 Å². The first kappa shape index (κ1) is 19.2. The van der Waals surface area contributed by atoms with Crippen molar-refractivity contribution in [1.29, 1.82) is 0 Å². The smallest absolute Gasteiger partial charge is 0.416 e. The van der Waals surface area contributed by atoms with Crippen molar-refractivity contribution < 1.29 is 27.8 Å². The second-order valence-electron chi connectivity index (χ2n) is 7.45. The van der Waals surface area contributed by atoms with Gasteiger partial charge in [0, 0.05) is 12.1 Å². The summed E-state index contributed by atoms with van der Waals surface area (Å²) in [6.45, 7) is 4.04.